The highest BCUT2D eigenvalue weighted by Crippen LogP contribution is 2.31. The average molecular weight is 293 g/mol. The Hall–Kier alpha value is -1.85. The third-order valence-corrected chi connectivity index (χ3v) is 4.32. The minimum Gasteiger partial charge on any atom is -0.361 e. The normalized spacial score (nSPS) is 21.7. The van der Waals surface area contributed by atoms with Crippen molar-refractivity contribution in [2.75, 3.05) is 20.6 Å². The molecule has 0 aromatic carbocycles. The summed E-state index contributed by atoms with van der Waals surface area (Å²) in [6.07, 6.45) is 1.79. The van der Waals surface area contributed by atoms with Crippen molar-refractivity contribution in [2.45, 2.75) is 45.6 Å². The van der Waals surface area contributed by atoms with Crippen LogP contribution < -0.4 is 0 Å². The van der Waals surface area contributed by atoms with Gasteiger partial charge in [-0.3, -0.25) is 9.59 Å². The molecule has 1 aliphatic heterocycles. The summed E-state index contributed by atoms with van der Waals surface area (Å²) in [6.45, 7) is 6.11. The van der Waals surface area contributed by atoms with Crippen LogP contribution in [0.4, 0.5) is 0 Å². The molecule has 0 N–H and O–H groups in total. The van der Waals surface area contributed by atoms with Crippen LogP contribution in [0.1, 0.15) is 36.8 Å². The molecule has 6 heteroatoms. The van der Waals surface area contributed by atoms with Gasteiger partial charge in [-0.05, 0) is 33.6 Å². The molecule has 1 fully saturated rings. The van der Waals surface area contributed by atoms with Gasteiger partial charge < -0.3 is 14.3 Å². The van der Waals surface area contributed by atoms with Crippen LogP contribution in [-0.4, -0.2) is 52.9 Å². The van der Waals surface area contributed by atoms with Crippen LogP contribution in [0.5, 0.6) is 0 Å². The predicted molar refractivity (Wildman–Crippen MR) is 77.7 cm³/mol. The van der Waals surface area contributed by atoms with Crippen LogP contribution in [0, 0.1) is 13.8 Å². The van der Waals surface area contributed by atoms with E-state index in [1.54, 1.807) is 30.8 Å². The first-order valence-electron chi connectivity index (χ1n) is 7.21. The van der Waals surface area contributed by atoms with Crippen LogP contribution in [0.2, 0.25) is 0 Å². The van der Waals surface area contributed by atoms with Gasteiger partial charge in [0.1, 0.15) is 11.3 Å². The lowest BCUT2D eigenvalue weighted by Gasteiger charge is -2.36. The highest BCUT2D eigenvalue weighted by Gasteiger charge is 2.46. The van der Waals surface area contributed by atoms with E-state index in [1.807, 2.05) is 13.8 Å². The first-order valence-corrected chi connectivity index (χ1v) is 7.21. The lowest BCUT2D eigenvalue weighted by Crippen LogP contribution is -2.55. The zero-order chi connectivity index (χ0) is 15.8. The molecule has 1 saturated heterocycles. The van der Waals surface area contributed by atoms with Crippen molar-refractivity contribution in [2.24, 2.45) is 0 Å². The summed E-state index contributed by atoms with van der Waals surface area (Å²) >= 11 is 0. The molecule has 0 aliphatic carbocycles. The molecule has 1 aromatic rings. The molecule has 2 heterocycles. The van der Waals surface area contributed by atoms with Gasteiger partial charge >= 0.3 is 0 Å². The Labute approximate surface area is 125 Å². The summed E-state index contributed by atoms with van der Waals surface area (Å²) in [5, 5.41) is 3.87. The fraction of sp³-hybridized carbons (Fsp3) is 0.667. The van der Waals surface area contributed by atoms with Crippen molar-refractivity contribution >= 4 is 11.8 Å². The molecule has 0 radical (unpaired) electrons. The summed E-state index contributed by atoms with van der Waals surface area (Å²) in [5.74, 6) is 0.604. The summed E-state index contributed by atoms with van der Waals surface area (Å²) in [6, 6.07) is 0. The molecule has 1 aliphatic rings. The van der Waals surface area contributed by atoms with Crippen LogP contribution in [0.15, 0.2) is 4.52 Å². The van der Waals surface area contributed by atoms with Crippen LogP contribution in [0.3, 0.4) is 0 Å². The second-order valence-electron chi connectivity index (χ2n) is 6.10. The fourth-order valence-electron chi connectivity index (χ4n) is 3.07. The monoisotopic (exact) mass is 293 g/mol. The van der Waals surface area contributed by atoms with Gasteiger partial charge in [0.2, 0.25) is 11.8 Å². The lowest BCUT2D eigenvalue weighted by molar-refractivity contribution is -0.148. The average Bonchev–Trinajstić information content (AvgIpc) is 2.96. The van der Waals surface area contributed by atoms with Gasteiger partial charge in [0, 0.05) is 26.2 Å². The molecule has 2 rings (SSSR count). The van der Waals surface area contributed by atoms with E-state index in [0.29, 0.717) is 18.7 Å². The van der Waals surface area contributed by atoms with Gasteiger partial charge in [0.15, 0.2) is 0 Å². The van der Waals surface area contributed by atoms with E-state index in [-0.39, 0.29) is 18.2 Å². The quantitative estimate of drug-likeness (QED) is 0.842. The Morgan fingerprint density at radius 3 is 2.57 bits per heavy atom. The van der Waals surface area contributed by atoms with Gasteiger partial charge in [0.05, 0.1) is 12.1 Å². The lowest BCUT2D eigenvalue weighted by atomic mass is 9.96. The number of carbonyl (C=O) groups excluding carboxylic acids is 2. The number of amides is 2. The maximum atomic E-state index is 12.6. The number of hydrogen-bond donors (Lipinski definition) is 0. The Kier molecular flexibility index (Phi) is 4.07. The molecule has 6 nitrogen and oxygen atoms in total. The highest BCUT2D eigenvalue weighted by atomic mass is 16.5. The molecule has 21 heavy (non-hydrogen) atoms. The number of aryl methyl sites for hydroxylation is 2. The minimum atomic E-state index is -0.737. The molecule has 2 amide bonds. The van der Waals surface area contributed by atoms with Gasteiger partial charge in [-0.25, -0.2) is 0 Å². The van der Waals surface area contributed by atoms with Crippen molar-refractivity contribution in [3.63, 3.8) is 0 Å². The third kappa shape index (κ3) is 2.66. The highest BCUT2D eigenvalue weighted by molar-refractivity contribution is 5.92. The molecule has 1 atom stereocenters. The third-order valence-electron chi connectivity index (χ3n) is 4.32. The van der Waals surface area contributed by atoms with Gasteiger partial charge in [-0.15, -0.1) is 0 Å². The molecule has 0 bridgehead atoms. The summed E-state index contributed by atoms with van der Waals surface area (Å²) in [7, 11) is 3.45. The Bertz CT molecular complexity index is 545. The Morgan fingerprint density at radius 2 is 2.05 bits per heavy atom. The minimum absolute atomic E-state index is 0.0212. The Morgan fingerprint density at radius 1 is 1.38 bits per heavy atom. The number of hydrogen-bond acceptors (Lipinski definition) is 4. The first-order chi connectivity index (χ1) is 9.77. The van der Waals surface area contributed by atoms with Crippen molar-refractivity contribution in [1.29, 1.82) is 0 Å². The van der Waals surface area contributed by atoms with Gasteiger partial charge in [0.25, 0.3) is 0 Å². The number of carbonyl (C=O) groups is 2. The van der Waals surface area contributed by atoms with Gasteiger partial charge in [-0.1, -0.05) is 5.16 Å². The van der Waals surface area contributed by atoms with E-state index in [0.717, 1.165) is 17.7 Å². The zero-order valence-corrected chi connectivity index (χ0v) is 13.4. The molecular formula is C15H23N3O3. The molecule has 0 spiro atoms. The van der Waals surface area contributed by atoms with E-state index in [1.165, 1.54) is 0 Å². The van der Waals surface area contributed by atoms with E-state index < -0.39 is 5.54 Å². The summed E-state index contributed by atoms with van der Waals surface area (Å²) < 4.78 is 5.10. The SMILES string of the molecule is Cc1noc(C)c1CC(=O)N1CCC[C@@]1(C)C(=O)N(C)C. The van der Waals surface area contributed by atoms with Crippen LogP contribution >= 0.6 is 0 Å². The van der Waals surface area contributed by atoms with Crippen molar-refractivity contribution < 1.29 is 14.1 Å². The van der Waals surface area contributed by atoms with Gasteiger partial charge in [-0.2, -0.15) is 0 Å². The van der Waals surface area contributed by atoms with E-state index in [4.69, 9.17) is 4.52 Å². The molecule has 0 saturated carbocycles. The standard InChI is InChI=1S/C15H23N3O3/c1-10-12(11(2)21-16-10)9-13(19)18-8-6-7-15(18,3)14(20)17(4)5/h6-9H2,1-5H3/t15-/m0/s1. The second-order valence-corrected chi connectivity index (χ2v) is 6.10. The summed E-state index contributed by atoms with van der Waals surface area (Å²) in [5.41, 5.74) is 0.826. The second kappa shape index (κ2) is 5.50. The first kappa shape index (κ1) is 15.5. The predicted octanol–water partition coefficient (Wildman–Crippen LogP) is 1.30. The largest absolute Gasteiger partial charge is 0.361 e. The number of likely N-dealkylation sites (N-methyl/N-ethyl adjacent to an activating group) is 1. The zero-order valence-electron chi connectivity index (χ0n) is 13.4. The van der Waals surface area contributed by atoms with E-state index in [2.05, 4.69) is 5.16 Å². The van der Waals surface area contributed by atoms with Crippen LogP contribution in [-0.2, 0) is 16.0 Å². The number of likely N-dealkylation sites (tertiary alicyclic amines) is 1. The van der Waals surface area contributed by atoms with E-state index in [9.17, 15) is 9.59 Å². The maximum Gasteiger partial charge on any atom is 0.247 e. The van der Waals surface area contributed by atoms with E-state index >= 15 is 0 Å². The topological polar surface area (TPSA) is 66.7 Å². The maximum absolute atomic E-state index is 12.6. The fourth-order valence-corrected chi connectivity index (χ4v) is 3.07. The van der Waals surface area contributed by atoms with Crippen molar-refractivity contribution in [3.05, 3.63) is 17.0 Å². The van der Waals surface area contributed by atoms with Crippen molar-refractivity contribution in [1.82, 2.24) is 15.0 Å². The van der Waals surface area contributed by atoms with Crippen LogP contribution in [0.25, 0.3) is 0 Å². The number of rotatable bonds is 3. The molecule has 116 valence electrons. The smallest absolute Gasteiger partial charge is 0.247 e. The molecule has 1 aromatic heterocycles. The number of aromatic nitrogens is 1. The van der Waals surface area contributed by atoms with Crippen molar-refractivity contribution in [3.8, 4) is 0 Å². The molecule has 0 unspecified atom stereocenters. The summed E-state index contributed by atoms with van der Waals surface area (Å²) in [4.78, 5) is 28.3. The Balaban J connectivity index is 2.20. The number of nitrogens with zero attached hydrogens (tertiary/aromatic N) is 3. The molecular weight excluding hydrogens is 270 g/mol.